The van der Waals surface area contributed by atoms with Crippen LogP contribution in [0.1, 0.15) is 25.6 Å². The summed E-state index contributed by atoms with van der Waals surface area (Å²) in [6.07, 6.45) is 1.89. The first kappa shape index (κ1) is 16.8. The molecule has 1 aromatic carbocycles. The number of aromatic nitrogens is 5. The van der Waals surface area contributed by atoms with Crippen LogP contribution in [0.3, 0.4) is 0 Å². The number of aromatic amines is 2. The second-order valence-electron chi connectivity index (χ2n) is 5.28. The normalized spacial score (nSPS) is 11.2. The summed E-state index contributed by atoms with van der Waals surface area (Å²) in [6, 6.07) is 5.01. The molecule has 0 aliphatic carbocycles. The number of benzene rings is 1. The monoisotopic (exact) mass is 365 g/mol. The lowest BCUT2D eigenvalue weighted by Gasteiger charge is -2.05. The van der Waals surface area contributed by atoms with Crippen molar-refractivity contribution in [2.24, 2.45) is 0 Å². The molecule has 0 atom stereocenters. The fourth-order valence-electron chi connectivity index (χ4n) is 2.29. The molecule has 3 rings (SSSR count). The van der Waals surface area contributed by atoms with Crippen molar-refractivity contribution in [2.45, 2.75) is 37.2 Å². The molecule has 0 unspecified atom stereocenters. The van der Waals surface area contributed by atoms with E-state index in [9.17, 15) is 9.59 Å². The molecule has 2 aromatic heterocycles. The summed E-state index contributed by atoms with van der Waals surface area (Å²) < 4.78 is 1.60. The van der Waals surface area contributed by atoms with Crippen LogP contribution in [0.5, 0.6) is 0 Å². The Balaban J connectivity index is 1.83. The van der Waals surface area contributed by atoms with Gasteiger partial charge in [0.05, 0.1) is 16.7 Å². The summed E-state index contributed by atoms with van der Waals surface area (Å²) in [5.41, 5.74) is 0.133. The van der Waals surface area contributed by atoms with Crippen LogP contribution < -0.4 is 11.2 Å². The first-order chi connectivity index (χ1) is 11.6. The molecule has 0 saturated heterocycles. The molecule has 2 heterocycles. The van der Waals surface area contributed by atoms with E-state index in [1.54, 1.807) is 22.8 Å². The fraction of sp³-hybridized carbons (Fsp3) is 0.333. The number of nitrogens with zero attached hydrogens (tertiary/aromatic N) is 3. The van der Waals surface area contributed by atoms with E-state index in [0.717, 1.165) is 12.8 Å². The van der Waals surface area contributed by atoms with E-state index in [4.69, 9.17) is 11.6 Å². The molecule has 0 amide bonds. The molecule has 0 saturated carbocycles. The van der Waals surface area contributed by atoms with Crippen LogP contribution in [0.25, 0.3) is 10.9 Å². The first-order valence-corrected chi connectivity index (χ1v) is 8.91. The summed E-state index contributed by atoms with van der Waals surface area (Å²) in [7, 11) is 0. The number of nitrogens with one attached hydrogen (secondary N) is 2. The van der Waals surface area contributed by atoms with E-state index in [0.29, 0.717) is 39.2 Å². The number of rotatable bonds is 6. The van der Waals surface area contributed by atoms with Gasteiger partial charge in [0, 0.05) is 11.6 Å². The minimum Gasteiger partial charge on any atom is -0.309 e. The number of thioether (sulfide) groups is 1. The summed E-state index contributed by atoms with van der Waals surface area (Å²) in [4.78, 5) is 31.1. The highest BCUT2D eigenvalue weighted by molar-refractivity contribution is 7.98. The molecule has 24 heavy (non-hydrogen) atoms. The highest BCUT2D eigenvalue weighted by atomic mass is 35.5. The van der Waals surface area contributed by atoms with Crippen molar-refractivity contribution in [3.63, 3.8) is 0 Å². The van der Waals surface area contributed by atoms with Gasteiger partial charge in [0.1, 0.15) is 5.82 Å². The molecule has 0 fully saturated rings. The van der Waals surface area contributed by atoms with E-state index in [-0.39, 0.29) is 11.2 Å². The molecule has 126 valence electrons. The van der Waals surface area contributed by atoms with Crippen LogP contribution in [0, 0.1) is 0 Å². The third kappa shape index (κ3) is 3.54. The Morgan fingerprint density at radius 1 is 1.33 bits per heavy atom. The van der Waals surface area contributed by atoms with Crippen molar-refractivity contribution >= 4 is 34.3 Å². The lowest BCUT2D eigenvalue weighted by atomic mass is 10.2. The first-order valence-electron chi connectivity index (χ1n) is 7.55. The maximum atomic E-state index is 12.1. The minimum atomic E-state index is -0.233. The molecular formula is C15H16ClN5O2S. The Labute approximate surface area is 146 Å². The Kier molecular flexibility index (Phi) is 5.06. The van der Waals surface area contributed by atoms with E-state index in [1.165, 1.54) is 11.8 Å². The van der Waals surface area contributed by atoms with Crippen LogP contribution in [0.15, 0.2) is 32.9 Å². The van der Waals surface area contributed by atoms with Crippen molar-refractivity contribution in [1.29, 1.82) is 0 Å². The molecule has 9 heteroatoms. The van der Waals surface area contributed by atoms with Crippen LogP contribution in [0.4, 0.5) is 0 Å². The van der Waals surface area contributed by atoms with Crippen molar-refractivity contribution in [2.75, 3.05) is 0 Å². The van der Waals surface area contributed by atoms with E-state index >= 15 is 0 Å². The smallest absolute Gasteiger partial charge is 0.309 e. The number of hydrogen-bond acceptors (Lipinski definition) is 5. The van der Waals surface area contributed by atoms with Gasteiger partial charge < -0.3 is 4.98 Å². The van der Waals surface area contributed by atoms with Gasteiger partial charge in [-0.3, -0.25) is 9.36 Å². The lowest BCUT2D eigenvalue weighted by Crippen LogP contribution is -2.17. The number of fused-ring (bicyclic) bond motifs is 1. The molecule has 0 spiro atoms. The predicted molar refractivity (Wildman–Crippen MR) is 94.7 cm³/mol. The number of H-pyrrole nitrogens is 2. The van der Waals surface area contributed by atoms with Crippen LogP contribution in [-0.2, 0) is 12.3 Å². The van der Waals surface area contributed by atoms with Crippen molar-refractivity contribution in [1.82, 2.24) is 24.7 Å². The van der Waals surface area contributed by atoms with Crippen molar-refractivity contribution in [3.05, 3.63) is 49.9 Å². The summed E-state index contributed by atoms with van der Waals surface area (Å²) >= 11 is 7.26. The molecule has 0 bridgehead atoms. The van der Waals surface area contributed by atoms with Gasteiger partial charge >= 0.3 is 5.69 Å². The second kappa shape index (κ2) is 7.23. The average Bonchev–Trinajstić information content (AvgIpc) is 2.91. The Morgan fingerprint density at radius 2 is 2.17 bits per heavy atom. The van der Waals surface area contributed by atoms with Gasteiger partial charge in [-0.25, -0.2) is 14.9 Å². The lowest BCUT2D eigenvalue weighted by molar-refractivity contribution is 0.573. The number of hydrogen-bond donors (Lipinski definition) is 2. The third-order valence-electron chi connectivity index (χ3n) is 3.51. The van der Waals surface area contributed by atoms with E-state index in [2.05, 4.69) is 27.1 Å². The van der Waals surface area contributed by atoms with E-state index < -0.39 is 0 Å². The highest BCUT2D eigenvalue weighted by Gasteiger charge is 2.10. The molecule has 3 aromatic rings. The molecule has 0 aliphatic heterocycles. The van der Waals surface area contributed by atoms with Gasteiger partial charge in [-0.1, -0.05) is 36.7 Å². The van der Waals surface area contributed by atoms with Crippen LogP contribution >= 0.6 is 23.4 Å². The van der Waals surface area contributed by atoms with Gasteiger partial charge in [0.25, 0.3) is 5.56 Å². The predicted octanol–water partition coefficient (Wildman–Crippen LogP) is 2.55. The zero-order chi connectivity index (χ0) is 17.1. The maximum Gasteiger partial charge on any atom is 0.343 e. The fourth-order valence-corrected chi connectivity index (χ4v) is 3.30. The largest absolute Gasteiger partial charge is 0.343 e. The third-order valence-corrected chi connectivity index (χ3v) is 4.74. The average molecular weight is 366 g/mol. The highest BCUT2D eigenvalue weighted by Crippen LogP contribution is 2.19. The number of halogens is 1. The molecule has 2 N–H and O–H groups in total. The maximum absolute atomic E-state index is 12.1. The zero-order valence-electron chi connectivity index (χ0n) is 13.0. The van der Waals surface area contributed by atoms with Crippen LogP contribution in [-0.4, -0.2) is 24.7 Å². The van der Waals surface area contributed by atoms with Gasteiger partial charge in [-0.2, -0.15) is 0 Å². The molecule has 0 radical (unpaired) electrons. The van der Waals surface area contributed by atoms with Gasteiger partial charge in [0.2, 0.25) is 0 Å². The zero-order valence-corrected chi connectivity index (χ0v) is 14.6. The Hall–Kier alpha value is -2.06. The summed E-state index contributed by atoms with van der Waals surface area (Å²) in [5.74, 6) is 0.932. The van der Waals surface area contributed by atoms with Crippen molar-refractivity contribution < 1.29 is 0 Å². The van der Waals surface area contributed by atoms with Gasteiger partial charge in [0.15, 0.2) is 5.16 Å². The molecule has 0 aliphatic rings. The molecular weight excluding hydrogens is 350 g/mol. The number of unbranched alkanes of at least 4 members (excludes halogenated alkanes) is 1. The van der Waals surface area contributed by atoms with Crippen LogP contribution in [0.2, 0.25) is 5.02 Å². The summed E-state index contributed by atoms with van der Waals surface area (Å²) in [6.45, 7) is 2.68. The van der Waals surface area contributed by atoms with Crippen molar-refractivity contribution in [3.8, 4) is 0 Å². The Bertz CT molecular complexity index is 978. The topological polar surface area (TPSA) is 96.4 Å². The second-order valence-corrected chi connectivity index (χ2v) is 6.66. The Morgan fingerprint density at radius 3 is 2.96 bits per heavy atom. The van der Waals surface area contributed by atoms with Gasteiger partial charge in [-0.05, 0) is 24.6 Å². The quantitative estimate of drug-likeness (QED) is 0.654. The minimum absolute atomic E-state index is 0.222. The SMILES string of the molecule is CCCCn1c(SCc2nc3ccc(Cl)cc3c(=O)[nH]2)n[nH]c1=O. The molecule has 7 nitrogen and oxygen atoms in total. The summed E-state index contributed by atoms with van der Waals surface area (Å²) in [5, 5.41) is 8.03. The van der Waals surface area contributed by atoms with Gasteiger partial charge in [-0.15, -0.1) is 5.10 Å². The van der Waals surface area contributed by atoms with E-state index in [1.807, 2.05) is 0 Å². The standard InChI is InChI=1S/C15H16ClN5O2S/c1-2-3-6-21-14(23)19-20-15(21)24-8-12-17-11-5-4-9(16)7-10(11)13(22)18-12/h4-5,7H,2-3,6,8H2,1H3,(H,19,23)(H,17,18,22).